The highest BCUT2D eigenvalue weighted by atomic mass is 35.5. The van der Waals surface area contributed by atoms with E-state index in [1.165, 1.54) is 6.07 Å². The number of nitrogens with two attached hydrogens (primary N) is 1. The summed E-state index contributed by atoms with van der Waals surface area (Å²) in [6.45, 7) is 0. The Morgan fingerprint density at radius 3 is 2.50 bits per heavy atom. The van der Waals surface area contributed by atoms with Crippen LogP contribution in [0.5, 0.6) is 0 Å². The van der Waals surface area contributed by atoms with Crippen LogP contribution in [-0.4, -0.2) is 13.7 Å². The summed E-state index contributed by atoms with van der Waals surface area (Å²) >= 11 is 5.87. The largest absolute Gasteiger partial charge is 0.398 e. The zero-order valence-electron chi connectivity index (χ0n) is 10.0. The van der Waals surface area contributed by atoms with Crippen molar-refractivity contribution in [2.75, 3.05) is 10.5 Å². The fraction of sp³-hybridized carbons (Fsp3) is 0.500. The summed E-state index contributed by atoms with van der Waals surface area (Å²) in [4.78, 5) is 0. The molecule has 1 aromatic carbocycles. The summed E-state index contributed by atoms with van der Waals surface area (Å²) in [5.41, 5.74) is 6.50. The Kier molecular flexibility index (Phi) is 4.02. The topological polar surface area (TPSA) is 72.2 Å². The van der Waals surface area contributed by atoms with E-state index in [9.17, 15) is 8.42 Å². The summed E-state index contributed by atoms with van der Waals surface area (Å²) < 4.78 is 26.9. The molecule has 1 aliphatic carbocycles. The third-order valence-electron chi connectivity index (χ3n) is 3.25. The lowest BCUT2D eigenvalue weighted by molar-refractivity contribution is 0.486. The van der Waals surface area contributed by atoms with Gasteiger partial charge in [0.05, 0.1) is 21.6 Å². The highest BCUT2D eigenvalue weighted by Crippen LogP contribution is 2.27. The first-order chi connectivity index (χ1) is 8.49. The van der Waals surface area contributed by atoms with Gasteiger partial charge in [0.2, 0.25) is 10.0 Å². The second kappa shape index (κ2) is 5.36. The van der Waals surface area contributed by atoms with E-state index in [-0.39, 0.29) is 5.25 Å². The molecule has 0 spiro atoms. The molecular formula is C12H17ClN2O2S. The molecule has 0 heterocycles. The number of hydrogen-bond acceptors (Lipinski definition) is 3. The minimum Gasteiger partial charge on any atom is -0.398 e. The maximum atomic E-state index is 12.2. The Morgan fingerprint density at radius 2 is 1.89 bits per heavy atom. The van der Waals surface area contributed by atoms with Crippen LogP contribution in [0.4, 0.5) is 11.4 Å². The van der Waals surface area contributed by atoms with Crippen LogP contribution in [0.2, 0.25) is 5.02 Å². The van der Waals surface area contributed by atoms with Crippen molar-refractivity contribution >= 4 is 33.0 Å². The normalized spacial score (nSPS) is 17.6. The molecule has 1 aliphatic rings. The van der Waals surface area contributed by atoms with Crippen molar-refractivity contribution in [3.63, 3.8) is 0 Å². The Labute approximate surface area is 113 Å². The van der Waals surface area contributed by atoms with Gasteiger partial charge in [0.1, 0.15) is 0 Å². The second-order valence-corrected chi connectivity index (χ2v) is 7.01. The van der Waals surface area contributed by atoms with E-state index in [0.717, 1.165) is 32.1 Å². The summed E-state index contributed by atoms with van der Waals surface area (Å²) in [7, 11) is -3.32. The summed E-state index contributed by atoms with van der Waals surface area (Å²) in [6.07, 6.45) is 4.55. The van der Waals surface area contributed by atoms with Gasteiger partial charge in [0.15, 0.2) is 0 Å². The van der Waals surface area contributed by atoms with E-state index < -0.39 is 10.0 Å². The van der Waals surface area contributed by atoms with Gasteiger partial charge in [0, 0.05) is 0 Å². The first kappa shape index (κ1) is 13.5. The first-order valence-electron chi connectivity index (χ1n) is 6.06. The van der Waals surface area contributed by atoms with E-state index in [0.29, 0.717) is 16.4 Å². The highest BCUT2D eigenvalue weighted by Gasteiger charge is 2.27. The van der Waals surface area contributed by atoms with Crippen molar-refractivity contribution in [1.82, 2.24) is 0 Å². The van der Waals surface area contributed by atoms with E-state index in [1.54, 1.807) is 12.1 Å². The van der Waals surface area contributed by atoms with Crippen molar-refractivity contribution in [2.24, 2.45) is 0 Å². The lowest BCUT2D eigenvalue weighted by Gasteiger charge is -2.22. The van der Waals surface area contributed by atoms with Crippen molar-refractivity contribution in [2.45, 2.75) is 37.4 Å². The molecule has 0 amide bonds. The van der Waals surface area contributed by atoms with Gasteiger partial charge in [-0.15, -0.1) is 0 Å². The van der Waals surface area contributed by atoms with Crippen LogP contribution in [0.1, 0.15) is 32.1 Å². The number of halogens is 1. The lowest BCUT2D eigenvalue weighted by Crippen LogP contribution is -2.29. The molecule has 3 N–H and O–H groups in total. The van der Waals surface area contributed by atoms with Gasteiger partial charge in [-0.25, -0.2) is 8.42 Å². The van der Waals surface area contributed by atoms with E-state index in [2.05, 4.69) is 4.72 Å². The van der Waals surface area contributed by atoms with Crippen LogP contribution in [-0.2, 0) is 10.0 Å². The van der Waals surface area contributed by atoms with E-state index >= 15 is 0 Å². The predicted molar refractivity (Wildman–Crippen MR) is 75.3 cm³/mol. The van der Waals surface area contributed by atoms with Gasteiger partial charge >= 0.3 is 0 Å². The average molecular weight is 289 g/mol. The number of rotatable bonds is 3. The summed E-state index contributed by atoms with van der Waals surface area (Å²) in [6, 6.07) is 4.76. The maximum absolute atomic E-state index is 12.2. The quantitative estimate of drug-likeness (QED) is 0.840. The Balaban J connectivity index is 2.13. The number of nitrogen functional groups attached to an aromatic ring is 1. The average Bonchev–Trinajstić information content (AvgIpc) is 2.35. The third-order valence-corrected chi connectivity index (χ3v) is 5.45. The van der Waals surface area contributed by atoms with Crippen molar-refractivity contribution in [3.05, 3.63) is 23.2 Å². The molecule has 0 aromatic heterocycles. The second-order valence-electron chi connectivity index (χ2n) is 4.64. The number of sulfonamides is 1. The van der Waals surface area contributed by atoms with Gasteiger partial charge in [0.25, 0.3) is 0 Å². The summed E-state index contributed by atoms with van der Waals surface area (Å²) in [5, 5.41) is 0.0708. The first-order valence-corrected chi connectivity index (χ1v) is 7.98. The summed E-state index contributed by atoms with van der Waals surface area (Å²) in [5.74, 6) is 0. The van der Waals surface area contributed by atoms with Gasteiger partial charge in [-0.3, -0.25) is 4.72 Å². The molecule has 0 atom stereocenters. The molecule has 0 aliphatic heterocycles. The molecule has 1 fully saturated rings. The van der Waals surface area contributed by atoms with Gasteiger partial charge in [-0.2, -0.15) is 0 Å². The Hall–Kier alpha value is -0.940. The Morgan fingerprint density at radius 1 is 1.22 bits per heavy atom. The molecule has 0 bridgehead atoms. The highest BCUT2D eigenvalue weighted by molar-refractivity contribution is 7.93. The van der Waals surface area contributed by atoms with E-state index in [1.807, 2.05) is 0 Å². The van der Waals surface area contributed by atoms with Crippen LogP contribution < -0.4 is 10.5 Å². The van der Waals surface area contributed by atoms with Gasteiger partial charge in [-0.1, -0.05) is 30.9 Å². The van der Waals surface area contributed by atoms with Gasteiger partial charge < -0.3 is 5.73 Å². The molecule has 0 radical (unpaired) electrons. The smallest absolute Gasteiger partial charge is 0.235 e. The molecule has 100 valence electrons. The molecule has 0 saturated heterocycles. The van der Waals surface area contributed by atoms with Crippen molar-refractivity contribution in [3.8, 4) is 0 Å². The minimum absolute atomic E-state index is 0.289. The van der Waals surface area contributed by atoms with Crippen LogP contribution >= 0.6 is 11.6 Å². The number of anilines is 2. The molecule has 18 heavy (non-hydrogen) atoms. The lowest BCUT2D eigenvalue weighted by atomic mass is 10.0. The molecule has 1 saturated carbocycles. The van der Waals surface area contributed by atoms with Crippen molar-refractivity contribution < 1.29 is 8.42 Å². The van der Waals surface area contributed by atoms with Gasteiger partial charge in [-0.05, 0) is 31.0 Å². The zero-order valence-corrected chi connectivity index (χ0v) is 11.6. The van der Waals surface area contributed by atoms with Crippen LogP contribution in [0, 0.1) is 0 Å². The van der Waals surface area contributed by atoms with Crippen LogP contribution in [0.25, 0.3) is 0 Å². The molecular weight excluding hydrogens is 272 g/mol. The zero-order chi connectivity index (χ0) is 13.2. The Bertz CT molecular complexity index is 525. The minimum atomic E-state index is -3.32. The van der Waals surface area contributed by atoms with Crippen LogP contribution in [0.3, 0.4) is 0 Å². The SMILES string of the molecule is Nc1ccc(NS(=O)(=O)C2CCCCC2)cc1Cl. The van der Waals surface area contributed by atoms with E-state index in [4.69, 9.17) is 17.3 Å². The molecule has 2 rings (SSSR count). The number of hydrogen-bond donors (Lipinski definition) is 2. The standard InChI is InChI=1S/C12H17ClN2O2S/c13-11-8-9(6-7-12(11)14)15-18(16,17)10-4-2-1-3-5-10/h6-8,10,15H,1-5,14H2. The molecule has 0 unspecified atom stereocenters. The molecule has 4 nitrogen and oxygen atoms in total. The monoisotopic (exact) mass is 288 g/mol. The fourth-order valence-electron chi connectivity index (χ4n) is 2.21. The maximum Gasteiger partial charge on any atom is 0.235 e. The number of benzene rings is 1. The molecule has 1 aromatic rings. The fourth-order valence-corrected chi connectivity index (χ4v) is 3.97. The predicted octanol–water partition coefficient (Wildman–Crippen LogP) is 3.00. The molecule has 6 heteroatoms. The third kappa shape index (κ3) is 3.09. The number of nitrogens with one attached hydrogen (secondary N) is 1. The van der Waals surface area contributed by atoms with Crippen molar-refractivity contribution in [1.29, 1.82) is 0 Å². The van der Waals surface area contributed by atoms with Crippen LogP contribution in [0.15, 0.2) is 18.2 Å².